The zero-order valence-corrected chi connectivity index (χ0v) is 14.8. The summed E-state index contributed by atoms with van der Waals surface area (Å²) in [5.74, 6) is -1.46. The van der Waals surface area contributed by atoms with Crippen LogP contribution in [0.15, 0.2) is 36.5 Å². The molecule has 1 aromatic carbocycles. The Bertz CT molecular complexity index is 891. The van der Waals surface area contributed by atoms with Crippen LogP contribution in [-0.2, 0) is 0 Å². The van der Waals surface area contributed by atoms with Crippen LogP contribution >= 0.6 is 0 Å². The molecule has 1 aliphatic rings. The van der Waals surface area contributed by atoms with Gasteiger partial charge in [-0.05, 0) is 43.2 Å². The van der Waals surface area contributed by atoms with Gasteiger partial charge in [-0.15, -0.1) is 0 Å². The maximum absolute atomic E-state index is 12.6. The Labute approximate surface area is 155 Å². The Morgan fingerprint density at radius 2 is 1.85 bits per heavy atom. The van der Waals surface area contributed by atoms with Gasteiger partial charge in [-0.3, -0.25) is 14.6 Å². The third kappa shape index (κ3) is 4.05. The molecule has 0 saturated carbocycles. The molecular weight excluding hydrogens is 350 g/mol. The van der Waals surface area contributed by atoms with Gasteiger partial charge in [0.15, 0.2) is 0 Å². The van der Waals surface area contributed by atoms with Gasteiger partial charge in [0.2, 0.25) is 0 Å². The van der Waals surface area contributed by atoms with Gasteiger partial charge in [0.1, 0.15) is 11.4 Å². The molecule has 0 unspecified atom stereocenters. The fourth-order valence-corrected chi connectivity index (χ4v) is 2.92. The molecular formula is C19H19N3O5. The highest BCUT2D eigenvalue weighted by atomic mass is 16.5. The number of pyridine rings is 1. The SMILES string of the molecule is COc1ccc(C(=O)N2CCCC2)cc1NC(=O)c1cc(C(=O)O)ccn1. The molecule has 1 saturated heterocycles. The van der Waals surface area contributed by atoms with Crippen LogP contribution in [0.1, 0.15) is 44.0 Å². The number of amides is 2. The summed E-state index contributed by atoms with van der Waals surface area (Å²) in [7, 11) is 1.45. The summed E-state index contributed by atoms with van der Waals surface area (Å²) in [6.45, 7) is 1.44. The average Bonchev–Trinajstić information content (AvgIpc) is 3.22. The molecule has 0 radical (unpaired) electrons. The van der Waals surface area contributed by atoms with Crippen LogP contribution in [0.2, 0.25) is 0 Å². The molecule has 0 spiro atoms. The lowest BCUT2D eigenvalue weighted by Crippen LogP contribution is -2.27. The molecule has 0 aliphatic carbocycles. The second kappa shape index (κ2) is 7.86. The van der Waals surface area contributed by atoms with E-state index in [9.17, 15) is 14.4 Å². The summed E-state index contributed by atoms with van der Waals surface area (Å²) in [5, 5.41) is 11.7. The van der Waals surface area contributed by atoms with Gasteiger partial charge in [-0.1, -0.05) is 0 Å². The summed E-state index contributed by atoms with van der Waals surface area (Å²) in [4.78, 5) is 41.8. The van der Waals surface area contributed by atoms with Crippen molar-refractivity contribution in [2.75, 3.05) is 25.5 Å². The molecule has 1 fully saturated rings. The van der Waals surface area contributed by atoms with Crippen LogP contribution in [0.25, 0.3) is 0 Å². The van der Waals surface area contributed by atoms with Gasteiger partial charge < -0.3 is 20.1 Å². The van der Waals surface area contributed by atoms with E-state index in [0.717, 1.165) is 25.9 Å². The summed E-state index contributed by atoms with van der Waals surface area (Å²) in [6.07, 6.45) is 3.22. The van der Waals surface area contributed by atoms with Crippen LogP contribution in [0.4, 0.5) is 5.69 Å². The Hall–Kier alpha value is -3.42. The minimum absolute atomic E-state index is 0.0416. The van der Waals surface area contributed by atoms with Gasteiger partial charge in [0, 0.05) is 24.8 Å². The van der Waals surface area contributed by atoms with E-state index in [0.29, 0.717) is 17.0 Å². The van der Waals surface area contributed by atoms with E-state index in [2.05, 4.69) is 10.3 Å². The lowest BCUT2D eigenvalue weighted by molar-refractivity contribution is 0.0696. The van der Waals surface area contributed by atoms with Crippen molar-refractivity contribution in [3.8, 4) is 5.75 Å². The molecule has 0 bridgehead atoms. The normalized spacial score (nSPS) is 13.3. The van der Waals surface area contributed by atoms with Crippen molar-refractivity contribution in [2.24, 2.45) is 0 Å². The van der Waals surface area contributed by atoms with Crippen molar-refractivity contribution in [3.63, 3.8) is 0 Å². The highest BCUT2D eigenvalue weighted by Gasteiger charge is 2.21. The number of nitrogens with zero attached hydrogens (tertiary/aromatic N) is 2. The lowest BCUT2D eigenvalue weighted by Gasteiger charge is -2.17. The zero-order valence-electron chi connectivity index (χ0n) is 14.8. The first-order valence-corrected chi connectivity index (χ1v) is 8.47. The molecule has 0 atom stereocenters. The molecule has 1 aromatic heterocycles. The Morgan fingerprint density at radius 1 is 1.11 bits per heavy atom. The second-order valence-corrected chi connectivity index (χ2v) is 6.10. The van der Waals surface area contributed by atoms with E-state index in [-0.39, 0.29) is 17.2 Å². The number of benzene rings is 1. The highest BCUT2D eigenvalue weighted by Crippen LogP contribution is 2.27. The monoisotopic (exact) mass is 369 g/mol. The number of carbonyl (C=O) groups excluding carboxylic acids is 2. The molecule has 140 valence electrons. The topological polar surface area (TPSA) is 109 Å². The van der Waals surface area contributed by atoms with E-state index in [1.165, 1.54) is 25.4 Å². The largest absolute Gasteiger partial charge is 0.495 e. The molecule has 8 nitrogen and oxygen atoms in total. The van der Waals surface area contributed by atoms with Crippen molar-refractivity contribution in [1.82, 2.24) is 9.88 Å². The molecule has 2 amide bonds. The van der Waals surface area contributed by atoms with Crippen LogP contribution in [0.5, 0.6) is 5.75 Å². The van der Waals surface area contributed by atoms with Crippen molar-refractivity contribution in [1.29, 1.82) is 0 Å². The molecule has 2 N–H and O–H groups in total. The van der Waals surface area contributed by atoms with E-state index >= 15 is 0 Å². The smallest absolute Gasteiger partial charge is 0.335 e. The van der Waals surface area contributed by atoms with Gasteiger partial charge in [-0.2, -0.15) is 0 Å². The number of carboxylic acid groups (broad SMARTS) is 1. The molecule has 1 aliphatic heterocycles. The Morgan fingerprint density at radius 3 is 2.52 bits per heavy atom. The number of methoxy groups -OCH3 is 1. The quantitative estimate of drug-likeness (QED) is 0.837. The minimum Gasteiger partial charge on any atom is -0.495 e. The van der Waals surface area contributed by atoms with Crippen LogP contribution in [0, 0.1) is 0 Å². The maximum atomic E-state index is 12.6. The fraction of sp³-hybridized carbons (Fsp3) is 0.263. The number of nitrogens with one attached hydrogen (secondary N) is 1. The summed E-state index contributed by atoms with van der Waals surface area (Å²) < 4.78 is 5.25. The fourth-order valence-electron chi connectivity index (χ4n) is 2.92. The van der Waals surface area contributed by atoms with Crippen molar-refractivity contribution in [2.45, 2.75) is 12.8 Å². The molecule has 3 rings (SSSR count). The molecule has 2 heterocycles. The minimum atomic E-state index is -1.15. The van der Waals surface area contributed by atoms with Crippen molar-refractivity contribution >= 4 is 23.5 Å². The molecule has 27 heavy (non-hydrogen) atoms. The second-order valence-electron chi connectivity index (χ2n) is 6.10. The zero-order chi connectivity index (χ0) is 19.4. The first-order valence-electron chi connectivity index (χ1n) is 8.47. The van der Waals surface area contributed by atoms with E-state index in [1.54, 1.807) is 23.1 Å². The third-order valence-corrected chi connectivity index (χ3v) is 4.33. The van der Waals surface area contributed by atoms with Gasteiger partial charge >= 0.3 is 5.97 Å². The number of aromatic carboxylic acids is 1. The van der Waals surface area contributed by atoms with Gasteiger partial charge in [-0.25, -0.2) is 4.79 Å². The first kappa shape index (κ1) is 18.4. The number of likely N-dealkylation sites (tertiary alicyclic amines) is 1. The number of hydrogen-bond donors (Lipinski definition) is 2. The lowest BCUT2D eigenvalue weighted by atomic mass is 10.1. The van der Waals surface area contributed by atoms with Crippen LogP contribution in [-0.4, -0.2) is 53.0 Å². The Kier molecular flexibility index (Phi) is 5.35. The Balaban J connectivity index is 1.85. The summed E-state index contributed by atoms with van der Waals surface area (Å²) >= 11 is 0. The van der Waals surface area contributed by atoms with E-state index in [4.69, 9.17) is 9.84 Å². The predicted molar refractivity (Wildman–Crippen MR) is 97.3 cm³/mol. The molecule has 2 aromatic rings. The van der Waals surface area contributed by atoms with Gasteiger partial charge in [0.05, 0.1) is 18.4 Å². The van der Waals surface area contributed by atoms with Crippen molar-refractivity contribution in [3.05, 3.63) is 53.3 Å². The summed E-state index contributed by atoms with van der Waals surface area (Å²) in [6, 6.07) is 7.30. The highest BCUT2D eigenvalue weighted by molar-refractivity contribution is 6.06. The predicted octanol–water partition coefficient (Wildman–Crippen LogP) is 2.28. The number of anilines is 1. The third-order valence-electron chi connectivity index (χ3n) is 4.33. The number of ether oxygens (including phenoxy) is 1. The number of aromatic nitrogens is 1. The van der Waals surface area contributed by atoms with E-state index < -0.39 is 11.9 Å². The van der Waals surface area contributed by atoms with Crippen molar-refractivity contribution < 1.29 is 24.2 Å². The molecule has 8 heteroatoms. The van der Waals surface area contributed by atoms with Crippen LogP contribution in [0.3, 0.4) is 0 Å². The van der Waals surface area contributed by atoms with E-state index in [1.807, 2.05) is 0 Å². The van der Waals surface area contributed by atoms with Gasteiger partial charge in [0.25, 0.3) is 11.8 Å². The standard InChI is InChI=1S/C19H19N3O5/c1-27-16-5-4-12(18(24)22-8-2-3-9-22)10-14(16)21-17(23)15-11-13(19(25)26)6-7-20-15/h4-7,10-11H,2-3,8-9H2,1H3,(H,21,23)(H,25,26). The summed E-state index contributed by atoms with van der Waals surface area (Å²) in [5.41, 5.74) is 0.670. The maximum Gasteiger partial charge on any atom is 0.335 e. The first-order chi connectivity index (χ1) is 13.0. The van der Waals surface area contributed by atoms with Crippen LogP contribution < -0.4 is 10.1 Å². The number of hydrogen-bond acceptors (Lipinski definition) is 5. The number of carbonyl (C=O) groups is 3. The average molecular weight is 369 g/mol. The number of carboxylic acids is 1. The number of rotatable bonds is 5.